The molecule has 1 aromatic carbocycles. The molecule has 0 amide bonds. The fraction of sp³-hybridized carbons (Fsp3) is 0.0909. The minimum Gasteiger partial charge on any atom is -0.240 e. The molecule has 6 nitrogen and oxygen atoms in total. The van der Waals surface area contributed by atoms with E-state index in [0.717, 1.165) is 16.8 Å². The molecule has 0 radical (unpaired) electrons. The van der Waals surface area contributed by atoms with Crippen LogP contribution in [0.1, 0.15) is 5.56 Å². The van der Waals surface area contributed by atoms with Gasteiger partial charge in [0.15, 0.2) is 0 Å². The number of hydrogen-bond donors (Lipinski definition) is 1. The molecule has 2 aromatic heterocycles. The largest absolute Gasteiger partial charge is 0.240 e. The molecule has 0 aliphatic rings. The van der Waals surface area contributed by atoms with Gasteiger partial charge in [0.05, 0.1) is 17.4 Å². The average molecular weight is 226 g/mol. The fourth-order valence-electron chi connectivity index (χ4n) is 1.67. The highest BCUT2D eigenvalue weighted by molar-refractivity contribution is 5.52. The molecule has 0 fully saturated rings. The van der Waals surface area contributed by atoms with E-state index in [1.807, 2.05) is 37.4 Å². The van der Waals surface area contributed by atoms with E-state index in [1.54, 1.807) is 10.9 Å². The predicted molar refractivity (Wildman–Crippen MR) is 61.5 cm³/mol. The number of aryl methyl sites for hydroxylation is 1. The molecule has 84 valence electrons. The molecule has 0 saturated heterocycles. The molecule has 0 bridgehead atoms. The molecule has 17 heavy (non-hydrogen) atoms. The van der Waals surface area contributed by atoms with Crippen LogP contribution in [0.2, 0.25) is 0 Å². The van der Waals surface area contributed by atoms with Gasteiger partial charge in [-0.25, -0.2) is 4.68 Å². The summed E-state index contributed by atoms with van der Waals surface area (Å²) in [6.45, 7) is 2.05. The lowest BCUT2D eigenvalue weighted by Gasteiger charge is -2.03. The van der Waals surface area contributed by atoms with Crippen LogP contribution in [0.5, 0.6) is 0 Å². The number of rotatable bonds is 2. The molecule has 2 heterocycles. The minimum atomic E-state index is 0.546. The van der Waals surface area contributed by atoms with Crippen LogP contribution in [-0.2, 0) is 0 Å². The number of nitrogens with one attached hydrogen (secondary N) is 1. The standard InChI is InChI=1S/C11H10N6/c1-8-4-2-3-5-10(8)17-7-9(6-12-17)11-13-15-16-14-11/h2-7H,1H3,(H,13,14,15,16). The Hall–Kier alpha value is -2.50. The monoisotopic (exact) mass is 226 g/mol. The second kappa shape index (κ2) is 3.82. The van der Waals surface area contributed by atoms with Gasteiger partial charge in [0.1, 0.15) is 0 Å². The third-order valence-corrected chi connectivity index (χ3v) is 2.55. The van der Waals surface area contributed by atoms with Crippen molar-refractivity contribution in [3.8, 4) is 17.1 Å². The third-order valence-electron chi connectivity index (χ3n) is 2.55. The van der Waals surface area contributed by atoms with Crippen LogP contribution in [-0.4, -0.2) is 30.4 Å². The van der Waals surface area contributed by atoms with Gasteiger partial charge in [0.2, 0.25) is 5.82 Å². The van der Waals surface area contributed by atoms with Crippen molar-refractivity contribution in [3.05, 3.63) is 42.2 Å². The third kappa shape index (κ3) is 1.69. The van der Waals surface area contributed by atoms with Crippen molar-refractivity contribution in [2.75, 3.05) is 0 Å². The second-order valence-corrected chi connectivity index (χ2v) is 3.70. The number of para-hydroxylation sites is 1. The molecule has 0 saturated carbocycles. The number of aromatic nitrogens is 6. The molecule has 3 aromatic rings. The normalized spacial score (nSPS) is 10.6. The zero-order chi connectivity index (χ0) is 11.7. The van der Waals surface area contributed by atoms with Crippen molar-refractivity contribution in [2.24, 2.45) is 0 Å². The highest BCUT2D eigenvalue weighted by Gasteiger charge is 2.07. The van der Waals surface area contributed by atoms with Crippen LogP contribution in [0.4, 0.5) is 0 Å². The number of nitrogens with zero attached hydrogens (tertiary/aromatic N) is 5. The maximum atomic E-state index is 4.30. The Morgan fingerprint density at radius 1 is 1.24 bits per heavy atom. The van der Waals surface area contributed by atoms with Crippen molar-refractivity contribution in [1.29, 1.82) is 0 Å². The Kier molecular flexibility index (Phi) is 2.18. The maximum Gasteiger partial charge on any atom is 0.207 e. The van der Waals surface area contributed by atoms with Crippen molar-refractivity contribution in [1.82, 2.24) is 30.4 Å². The van der Waals surface area contributed by atoms with Gasteiger partial charge in [-0.1, -0.05) is 18.2 Å². The van der Waals surface area contributed by atoms with Crippen LogP contribution < -0.4 is 0 Å². The van der Waals surface area contributed by atoms with Crippen LogP contribution in [0.15, 0.2) is 36.7 Å². The topological polar surface area (TPSA) is 72.3 Å². The first-order valence-corrected chi connectivity index (χ1v) is 5.19. The summed E-state index contributed by atoms with van der Waals surface area (Å²) >= 11 is 0. The van der Waals surface area contributed by atoms with Gasteiger partial charge >= 0.3 is 0 Å². The summed E-state index contributed by atoms with van der Waals surface area (Å²) in [7, 11) is 0. The number of aromatic amines is 1. The molecule has 0 aliphatic carbocycles. The Bertz CT molecular complexity index is 625. The lowest BCUT2D eigenvalue weighted by atomic mass is 10.2. The summed E-state index contributed by atoms with van der Waals surface area (Å²) < 4.78 is 1.81. The Morgan fingerprint density at radius 2 is 2.12 bits per heavy atom. The van der Waals surface area contributed by atoms with Gasteiger partial charge in [-0.15, -0.1) is 10.2 Å². The first kappa shape index (κ1) is 9.71. The zero-order valence-corrected chi connectivity index (χ0v) is 9.20. The highest BCUT2D eigenvalue weighted by Crippen LogP contribution is 2.17. The van der Waals surface area contributed by atoms with Gasteiger partial charge < -0.3 is 0 Å². The summed E-state index contributed by atoms with van der Waals surface area (Å²) in [5.74, 6) is 0.546. The van der Waals surface area contributed by atoms with Gasteiger partial charge in [-0.2, -0.15) is 10.3 Å². The maximum absolute atomic E-state index is 4.30. The Labute approximate surface area is 97.3 Å². The van der Waals surface area contributed by atoms with Gasteiger partial charge in [0, 0.05) is 6.20 Å². The molecule has 6 heteroatoms. The Morgan fingerprint density at radius 3 is 2.88 bits per heavy atom. The van der Waals surface area contributed by atoms with E-state index in [9.17, 15) is 0 Å². The van der Waals surface area contributed by atoms with Crippen molar-refractivity contribution in [2.45, 2.75) is 6.92 Å². The quantitative estimate of drug-likeness (QED) is 0.716. The molecule has 0 aliphatic heterocycles. The molecule has 0 atom stereocenters. The van der Waals surface area contributed by atoms with E-state index >= 15 is 0 Å². The van der Waals surface area contributed by atoms with E-state index in [2.05, 4.69) is 25.7 Å². The summed E-state index contributed by atoms with van der Waals surface area (Å²) in [6.07, 6.45) is 3.60. The highest BCUT2D eigenvalue weighted by atomic mass is 15.5. The van der Waals surface area contributed by atoms with E-state index in [-0.39, 0.29) is 0 Å². The minimum absolute atomic E-state index is 0.546. The number of benzene rings is 1. The molecule has 1 N–H and O–H groups in total. The fourth-order valence-corrected chi connectivity index (χ4v) is 1.67. The zero-order valence-electron chi connectivity index (χ0n) is 9.20. The molecular formula is C11H10N6. The van der Waals surface area contributed by atoms with Gasteiger partial charge in [-0.3, -0.25) is 0 Å². The summed E-state index contributed by atoms with van der Waals surface area (Å²) in [5, 5.41) is 18.1. The van der Waals surface area contributed by atoms with E-state index in [1.165, 1.54) is 0 Å². The number of tetrazole rings is 1. The van der Waals surface area contributed by atoms with E-state index in [0.29, 0.717) is 5.82 Å². The Balaban J connectivity index is 2.04. The van der Waals surface area contributed by atoms with E-state index < -0.39 is 0 Å². The van der Waals surface area contributed by atoms with Crippen molar-refractivity contribution >= 4 is 0 Å². The molecular weight excluding hydrogens is 216 g/mol. The predicted octanol–water partition coefficient (Wildman–Crippen LogP) is 1.36. The first-order chi connectivity index (χ1) is 8.34. The lowest BCUT2D eigenvalue weighted by Crippen LogP contribution is -1.96. The first-order valence-electron chi connectivity index (χ1n) is 5.19. The smallest absolute Gasteiger partial charge is 0.207 e. The van der Waals surface area contributed by atoms with Crippen LogP contribution in [0.25, 0.3) is 17.1 Å². The second-order valence-electron chi connectivity index (χ2n) is 3.70. The molecule has 3 rings (SSSR count). The van der Waals surface area contributed by atoms with Crippen LogP contribution >= 0.6 is 0 Å². The van der Waals surface area contributed by atoms with Crippen molar-refractivity contribution in [3.63, 3.8) is 0 Å². The summed E-state index contributed by atoms with van der Waals surface area (Å²) in [5.41, 5.74) is 3.04. The lowest BCUT2D eigenvalue weighted by molar-refractivity contribution is 0.873. The average Bonchev–Trinajstić information content (AvgIpc) is 3.00. The van der Waals surface area contributed by atoms with Crippen LogP contribution in [0.3, 0.4) is 0 Å². The van der Waals surface area contributed by atoms with Crippen LogP contribution in [0, 0.1) is 6.92 Å². The number of H-pyrrole nitrogens is 1. The van der Waals surface area contributed by atoms with Gasteiger partial charge in [-0.05, 0) is 23.8 Å². The number of hydrogen-bond acceptors (Lipinski definition) is 4. The van der Waals surface area contributed by atoms with Gasteiger partial charge in [0.25, 0.3) is 0 Å². The summed E-state index contributed by atoms with van der Waals surface area (Å²) in [4.78, 5) is 0. The summed E-state index contributed by atoms with van der Waals surface area (Å²) in [6, 6.07) is 8.05. The van der Waals surface area contributed by atoms with E-state index in [4.69, 9.17) is 0 Å². The SMILES string of the molecule is Cc1ccccc1-n1cc(-c2nn[nH]n2)cn1. The molecule has 0 spiro atoms. The van der Waals surface area contributed by atoms with Crippen molar-refractivity contribution < 1.29 is 0 Å². The molecule has 0 unspecified atom stereocenters.